The van der Waals surface area contributed by atoms with Crippen LogP contribution in [0.4, 0.5) is 4.79 Å². The number of carbonyl (C=O) groups is 1. The van der Waals surface area contributed by atoms with Gasteiger partial charge in [0, 0.05) is 37.9 Å². The molecule has 3 rings (SSSR count). The molecule has 5 nitrogen and oxygen atoms in total. The number of urea groups is 1. The van der Waals surface area contributed by atoms with Gasteiger partial charge < -0.3 is 10.2 Å². The molecule has 1 saturated heterocycles. The van der Waals surface area contributed by atoms with Gasteiger partial charge in [0.05, 0.1) is 6.20 Å². The summed E-state index contributed by atoms with van der Waals surface area (Å²) in [5.41, 5.74) is 2.25. The first-order chi connectivity index (χ1) is 11.1. The molecule has 2 amide bonds. The minimum absolute atomic E-state index is 0.00124. The zero-order valence-corrected chi connectivity index (χ0v) is 14.0. The van der Waals surface area contributed by atoms with Gasteiger partial charge in [-0.2, -0.15) is 5.10 Å². The van der Waals surface area contributed by atoms with Gasteiger partial charge >= 0.3 is 6.03 Å². The van der Waals surface area contributed by atoms with Crippen molar-refractivity contribution in [3.8, 4) is 0 Å². The lowest BCUT2D eigenvalue weighted by molar-refractivity contribution is 0.206. The summed E-state index contributed by atoms with van der Waals surface area (Å²) in [6, 6.07) is 7.55. The minimum Gasteiger partial charge on any atom is -0.334 e. The molecule has 122 valence electrons. The molecule has 1 atom stereocenters. The Hall–Kier alpha value is -2.01. The molecule has 23 heavy (non-hydrogen) atoms. The lowest BCUT2D eigenvalue weighted by Crippen LogP contribution is -2.38. The number of carbonyl (C=O) groups excluding carboxylic acids is 1. The normalized spacial score (nSPS) is 17.5. The number of aryl methyl sites for hydroxylation is 1. The van der Waals surface area contributed by atoms with Crippen molar-refractivity contribution in [2.45, 2.75) is 19.4 Å². The first-order valence-electron chi connectivity index (χ1n) is 7.85. The summed E-state index contributed by atoms with van der Waals surface area (Å²) in [5, 5.41) is 7.85. The first kappa shape index (κ1) is 15.9. The standard InChI is InChI=1S/C17H21ClN4O/c1-21-11-15(10-20-21)7-14-5-6-22(12-14)17(23)19-9-13-3-2-4-16(18)8-13/h2-4,8,10-11,14H,5-7,9,12H2,1H3,(H,19,23). The summed E-state index contributed by atoms with van der Waals surface area (Å²) < 4.78 is 1.82. The quantitative estimate of drug-likeness (QED) is 0.936. The van der Waals surface area contributed by atoms with Crippen LogP contribution in [0.2, 0.25) is 5.02 Å². The number of nitrogens with zero attached hydrogens (tertiary/aromatic N) is 3. The average molecular weight is 333 g/mol. The lowest BCUT2D eigenvalue weighted by atomic mass is 10.0. The number of amides is 2. The largest absolute Gasteiger partial charge is 0.334 e. The van der Waals surface area contributed by atoms with Gasteiger partial charge in [-0.05, 0) is 42.0 Å². The van der Waals surface area contributed by atoms with E-state index in [0.717, 1.165) is 31.5 Å². The van der Waals surface area contributed by atoms with Crippen molar-refractivity contribution in [2.24, 2.45) is 13.0 Å². The maximum Gasteiger partial charge on any atom is 0.317 e. The molecule has 1 N–H and O–H groups in total. The zero-order chi connectivity index (χ0) is 16.2. The zero-order valence-electron chi connectivity index (χ0n) is 13.2. The molecule has 1 aromatic carbocycles. The van der Waals surface area contributed by atoms with Crippen LogP contribution in [0.5, 0.6) is 0 Å². The molecule has 6 heteroatoms. The van der Waals surface area contributed by atoms with E-state index < -0.39 is 0 Å². The van der Waals surface area contributed by atoms with Crippen LogP contribution in [0.3, 0.4) is 0 Å². The Bertz CT molecular complexity index is 685. The fourth-order valence-electron chi connectivity index (χ4n) is 3.03. The Labute approximate surface area is 141 Å². The Balaban J connectivity index is 1.47. The molecular weight excluding hydrogens is 312 g/mol. The second-order valence-electron chi connectivity index (χ2n) is 6.12. The van der Waals surface area contributed by atoms with Crippen LogP contribution in [0.25, 0.3) is 0 Å². The molecule has 2 aromatic rings. The highest BCUT2D eigenvalue weighted by Gasteiger charge is 2.26. The van der Waals surface area contributed by atoms with Crippen LogP contribution < -0.4 is 5.32 Å². The van der Waals surface area contributed by atoms with Gasteiger partial charge in [0.15, 0.2) is 0 Å². The van der Waals surface area contributed by atoms with E-state index in [1.807, 2.05) is 53.3 Å². The maximum atomic E-state index is 12.3. The summed E-state index contributed by atoms with van der Waals surface area (Å²) >= 11 is 5.96. The van der Waals surface area contributed by atoms with Crippen LogP contribution in [-0.2, 0) is 20.0 Å². The highest BCUT2D eigenvalue weighted by molar-refractivity contribution is 6.30. The van der Waals surface area contributed by atoms with Crippen molar-refractivity contribution in [1.82, 2.24) is 20.0 Å². The first-order valence-corrected chi connectivity index (χ1v) is 8.22. The van der Waals surface area contributed by atoms with E-state index in [1.54, 1.807) is 0 Å². The molecule has 0 spiro atoms. The number of aromatic nitrogens is 2. The summed E-state index contributed by atoms with van der Waals surface area (Å²) in [4.78, 5) is 14.2. The van der Waals surface area contributed by atoms with Gasteiger partial charge in [0.2, 0.25) is 0 Å². The molecule has 1 aliphatic heterocycles. The molecule has 2 heterocycles. The van der Waals surface area contributed by atoms with Gasteiger partial charge in [-0.25, -0.2) is 4.79 Å². The van der Waals surface area contributed by atoms with Gasteiger partial charge in [0.25, 0.3) is 0 Å². The van der Waals surface area contributed by atoms with E-state index in [-0.39, 0.29) is 6.03 Å². The van der Waals surface area contributed by atoms with Crippen LogP contribution in [-0.4, -0.2) is 33.8 Å². The molecule has 0 radical (unpaired) electrons. The molecule has 1 aromatic heterocycles. The van der Waals surface area contributed by atoms with Crippen LogP contribution in [0.15, 0.2) is 36.7 Å². The Morgan fingerprint density at radius 3 is 3.04 bits per heavy atom. The number of halogens is 1. The van der Waals surface area contributed by atoms with Crippen molar-refractivity contribution < 1.29 is 4.79 Å². The SMILES string of the molecule is Cn1cc(CC2CCN(C(=O)NCc3cccc(Cl)c3)C2)cn1. The predicted molar refractivity (Wildman–Crippen MR) is 90.3 cm³/mol. The molecule has 0 bridgehead atoms. The van der Waals surface area contributed by atoms with Crippen molar-refractivity contribution in [1.29, 1.82) is 0 Å². The molecule has 1 unspecified atom stereocenters. The van der Waals surface area contributed by atoms with Gasteiger partial charge in [0.1, 0.15) is 0 Å². The third-order valence-electron chi connectivity index (χ3n) is 4.19. The topological polar surface area (TPSA) is 50.2 Å². The Morgan fingerprint density at radius 1 is 1.43 bits per heavy atom. The summed E-state index contributed by atoms with van der Waals surface area (Å²) in [7, 11) is 1.92. The molecule has 0 aliphatic carbocycles. The fraction of sp³-hybridized carbons (Fsp3) is 0.412. The predicted octanol–water partition coefficient (Wildman–Crippen LogP) is 2.85. The minimum atomic E-state index is -0.00124. The number of benzene rings is 1. The van der Waals surface area contributed by atoms with Gasteiger partial charge in [-0.1, -0.05) is 23.7 Å². The molecular formula is C17H21ClN4O. The van der Waals surface area contributed by atoms with Crippen molar-refractivity contribution in [2.75, 3.05) is 13.1 Å². The van der Waals surface area contributed by atoms with E-state index in [1.165, 1.54) is 5.56 Å². The van der Waals surface area contributed by atoms with E-state index in [9.17, 15) is 4.79 Å². The Kier molecular flexibility index (Phi) is 4.86. The van der Waals surface area contributed by atoms with Crippen molar-refractivity contribution in [3.05, 3.63) is 52.8 Å². The fourth-order valence-corrected chi connectivity index (χ4v) is 3.24. The highest BCUT2D eigenvalue weighted by atomic mass is 35.5. The number of rotatable bonds is 4. The number of likely N-dealkylation sites (tertiary alicyclic amines) is 1. The van der Waals surface area contributed by atoms with E-state index >= 15 is 0 Å². The van der Waals surface area contributed by atoms with Crippen LogP contribution >= 0.6 is 11.6 Å². The van der Waals surface area contributed by atoms with Crippen molar-refractivity contribution >= 4 is 17.6 Å². The summed E-state index contributed by atoms with van der Waals surface area (Å²) in [6.45, 7) is 2.12. The Morgan fingerprint density at radius 2 is 2.30 bits per heavy atom. The average Bonchev–Trinajstić information content (AvgIpc) is 3.15. The molecule has 0 saturated carbocycles. The number of nitrogens with one attached hydrogen (secondary N) is 1. The monoisotopic (exact) mass is 332 g/mol. The van der Waals surface area contributed by atoms with Gasteiger partial charge in [-0.15, -0.1) is 0 Å². The second kappa shape index (κ2) is 7.04. The third-order valence-corrected chi connectivity index (χ3v) is 4.42. The van der Waals surface area contributed by atoms with E-state index in [0.29, 0.717) is 17.5 Å². The molecule has 1 aliphatic rings. The number of hydrogen-bond donors (Lipinski definition) is 1. The maximum absolute atomic E-state index is 12.3. The molecule has 1 fully saturated rings. The van der Waals surface area contributed by atoms with E-state index in [2.05, 4.69) is 10.4 Å². The summed E-state index contributed by atoms with van der Waals surface area (Å²) in [5.74, 6) is 0.510. The van der Waals surface area contributed by atoms with Crippen LogP contribution in [0, 0.1) is 5.92 Å². The van der Waals surface area contributed by atoms with Crippen molar-refractivity contribution in [3.63, 3.8) is 0 Å². The highest BCUT2D eigenvalue weighted by Crippen LogP contribution is 2.20. The van der Waals surface area contributed by atoms with Gasteiger partial charge in [-0.3, -0.25) is 4.68 Å². The summed E-state index contributed by atoms with van der Waals surface area (Å²) in [6.07, 6.45) is 5.97. The van der Waals surface area contributed by atoms with Crippen LogP contribution in [0.1, 0.15) is 17.5 Å². The lowest BCUT2D eigenvalue weighted by Gasteiger charge is -2.17. The number of hydrogen-bond acceptors (Lipinski definition) is 2. The third kappa shape index (κ3) is 4.26. The smallest absolute Gasteiger partial charge is 0.317 e. The van der Waals surface area contributed by atoms with E-state index in [4.69, 9.17) is 11.6 Å². The second-order valence-corrected chi connectivity index (χ2v) is 6.55.